The third kappa shape index (κ3) is 5.91. The normalized spacial score (nSPS) is 11.1. The highest BCUT2D eigenvalue weighted by atomic mass is 16.6. The smallest absolute Gasteiger partial charge is 0.407 e. The second kappa shape index (κ2) is 8.03. The van der Waals surface area contributed by atoms with Crippen LogP contribution in [-0.2, 0) is 24.9 Å². The maximum absolute atomic E-state index is 12.5. The lowest BCUT2D eigenvalue weighted by atomic mass is 10.1. The van der Waals surface area contributed by atoms with Crippen LogP contribution in [0.3, 0.4) is 0 Å². The van der Waals surface area contributed by atoms with Crippen molar-refractivity contribution in [2.45, 2.75) is 39.5 Å². The average Bonchev–Trinajstić information content (AvgIpc) is 2.96. The SMILES string of the molecule is CN(Cc1cnn(C)c1)C(=O)c1ccc(CNC(=O)OC(C)(C)C)cc1. The molecular weight excluding hydrogens is 332 g/mol. The average molecular weight is 358 g/mol. The van der Waals surface area contributed by atoms with Gasteiger partial charge in [-0.1, -0.05) is 12.1 Å². The van der Waals surface area contributed by atoms with E-state index in [4.69, 9.17) is 4.74 Å². The zero-order valence-corrected chi connectivity index (χ0v) is 15.9. The second-order valence-electron chi connectivity index (χ2n) is 7.24. The summed E-state index contributed by atoms with van der Waals surface area (Å²) in [5.74, 6) is -0.0690. The number of carbonyl (C=O) groups is 2. The zero-order chi connectivity index (χ0) is 19.3. The van der Waals surface area contributed by atoms with Crippen molar-refractivity contribution in [1.82, 2.24) is 20.0 Å². The number of aromatic nitrogens is 2. The van der Waals surface area contributed by atoms with Gasteiger partial charge in [0, 0.05) is 44.5 Å². The molecule has 0 atom stereocenters. The van der Waals surface area contributed by atoms with Crippen molar-refractivity contribution in [3.8, 4) is 0 Å². The van der Waals surface area contributed by atoms with Gasteiger partial charge in [0.25, 0.3) is 5.91 Å². The maximum atomic E-state index is 12.5. The minimum atomic E-state index is -0.529. The van der Waals surface area contributed by atoms with Gasteiger partial charge in [-0.2, -0.15) is 5.10 Å². The monoisotopic (exact) mass is 358 g/mol. The highest BCUT2D eigenvalue weighted by Gasteiger charge is 2.16. The summed E-state index contributed by atoms with van der Waals surface area (Å²) in [5.41, 5.74) is 1.93. The van der Waals surface area contributed by atoms with Gasteiger partial charge in [0.2, 0.25) is 0 Å². The van der Waals surface area contributed by atoms with Gasteiger partial charge in [0.1, 0.15) is 5.60 Å². The lowest BCUT2D eigenvalue weighted by Crippen LogP contribution is -2.32. The lowest BCUT2D eigenvalue weighted by molar-refractivity contribution is 0.0523. The molecule has 1 heterocycles. The molecule has 0 aliphatic carbocycles. The van der Waals surface area contributed by atoms with Gasteiger partial charge >= 0.3 is 6.09 Å². The van der Waals surface area contributed by atoms with E-state index in [0.717, 1.165) is 11.1 Å². The molecule has 0 bridgehead atoms. The van der Waals surface area contributed by atoms with Crippen LogP contribution in [0.1, 0.15) is 42.3 Å². The molecule has 1 N–H and O–H groups in total. The van der Waals surface area contributed by atoms with Crippen molar-refractivity contribution in [3.05, 3.63) is 53.3 Å². The van der Waals surface area contributed by atoms with Crippen LogP contribution in [0.2, 0.25) is 0 Å². The van der Waals surface area contributed by atoms with E-state index in [0.29, 0.717) is 18.7 Å². The van der Waals surface area contributed by atoms with Crippen LogP contribution in [0.15, 0.2) is 36.7 Å². The Hall–Kier alpha value is -2.83. The van der Waals surface area contributed by atoms with Crippen LogP contribution >= 0.6 is 0 Å². The number of nitrogens with zero attached hydrogens (tertiary/aromatic N) is 3. The van der Waals surface area contributed by atoms with E-state index in [1.54, 1.807) is 35.0 Å². The zero-order valence-electron chi connectivity index (χ0n) is 15.9. The number of hydrogen-bond acceptors (Lipinski definition) is 4. The molecule has 0 saturated carbocycles. The Morgan fingerprint density at radius 3 is 2.38 bits per heavy atom. The van der Waals surface area contributed by atoms with Crippen molar-refractivity contribution in [3.63, 3.8) is 0 Å². The lowest BCUT2D eigenvalue weighted by Gasteiger charge is -2.19. The topological polar surface area (TPSA) is 76.5 Å². The van der Waals surface area contributed by atoms with Crippen LogP contribution in [-0.4, -0.2) is 39.3 Å². The minimum Gasteiger partial charge on any atom is -0.444 e. The molecule has 0 spiro atoms. The van der Waals surface area contributed by atoms with E-state index in [1.807, 2.05) is 46.1 Å². The molecule has 0 aliphatic heterocycles. The Bertz CT molecular complexity index is 760. The highest BCUT2D eigenvalue weighted by Crippen LogP contribution is 2.11. The van der Waals surface area contributed by atoms with Crippen LogP contribution in [0.25, 0.3) is 0 Å². The fourth-order valence-electron chi connectivity index (χ4n) is 2.37. The maximum Gasteiger partial charge on any atom is 0.407 e. The molecule has 7 heteroatoms. The summed E-state index contributed by atoms with van der Waals surface area (Å²) in [6.07, 6.45) is 3.17. The summed E-state index contributed by atoms with van der Waals surface area (Å²) >= 11 is 0. The molecule has 2 amide bonds. The van der Waals surface area contributed by atoms with Gasteiger partial charge in [0.05, 0.1) is 6.20 Å². The Morgan fingerprint density at radius 2 is 1.85 bits per heavy atom. The third-order valence-corrected chi connectivity index (χ3v) is 3.56. The number of carbonyl (C=O) groups excluding carboxylic acids is 2. The molecule has 0 saturated heterocycles. The summed E-state index contributed by atoms with van der Waals surface area (Å²) < 4.78 is 6.90. The number of rotatable bonds is 5. The van der Waals surface area contributed by atoms with E-state index in [1.165, 1.54) is 0 Å². The Balaban J connectivity index is 1.89. The molecule has 0 unspecified atom stereocenters. The van der Waals surface area contributed by atoms with Gasteiger partial charge in [-0.15, -0.1) is 0 Å². The highest BCUT2D eigenvalue weighted by molar-refractivity contribution is 5.94. The van der Waals surface area contributed by atoms with Crippen LogP contribution < -0.4 is 5.32 Å². The summed E-state index contributed by atoms with van der Waals surface area (Å²) in [5, 5.41) is 6.80. The predicted molar refractivity (Wildman–Crippen MR) is 98.5 cm³/mol. The molecule has 1 aromatic heterocycles. The Kier molecular flexibility index (Phi) is 6.02. The standard InChI is InChI=1S/C19H26N4O3/c1-19(2,3)26-18(25)20-10-14-6-8-16(9-7-14)17(24)22(4)12-15-11-21-23(5)13-15/h6-9,11,13H,10,12H2,1-5H3,(H,20,25). The number of alkyl carbamates (subject to hydrolysis) is 1. The quantitative estimate of drug-likeness (QED) is 0.892. The number of ether oxygens (including phenoxy) is 1. The summed E-state index contributed by atoms with van der Waals surface area (Å²) in [7, 11) is 3.60. The molecule has 2 rings (SSSR count). The van der Waals surface area contributed by atoms with Gasteiger partial charge in [-0.05, 0) is 38.5 Å². The molecule has 0 aliphatic rings. The van der Waals surface area contributed by atoms with Gasteiger partial charge < -0.3 is 15.0 Å². The van der Waals surface area contributed by atoms with Crippen molar-refractivity contribution in [2.75, 3.05) is 7.05 Å². The fraction of sp³-hybridized carbons (Fsp3) is 0.421. The molecule has 140 valence electrons. The first-order chi connectivity index (χ1) is 12.1. The van der Waals surface area contributed by atoms with Crippen LogP contribution in [0, 0.1) is 0 Å². The molecule has 1 aromatic carbocycles. The van der Waals surface area contributed by atoms with E-state index in [-0.39, 0.29) is 5.91 Å². The fourth-order valence-corrected chi connectivity index (χ4v) is 2.37. The summed E-state index contributed by atoms with van der Waals surface area (Å²) in [6.45, 7) is 6.28. The number of amides is 2. The number of hydrogen-bond donors (Lipinski definition) is 1. The van der Waals surface area contributed by atoms with Gasteiger partial charge in [0.15, 0.2) is 0 Å². The third-order valence-electron chi connectivity index (χ3n) is 3.56. The van der Waals surface area contributed by atoms with E-state index in [9.17, 15) is 9.59 Å². The number of aryl methyl sites for hydroxylation is 1. The van der Waals surface area contributed by atoms with Gasteiger partial charge in [-0.3, -0.25) is 9.48 Å². The van der Waals surface area contributed by atoms with Crippen molar-refractivity contribution < 1.29 is 14.3 Å². The molecule has 0 fully saturated rings. The number of nitrogens with one attached hydrogen (secondary N) is 1. The first kappa shape index (κ1) is 19.5. The largest absolute Gasteiger partial charge is 0.444 e. The van der Waals surface area contributed by atoms with E-state index < -0.39 is 11.7 Å². The van der Waals surface area contributed by atoms with Crippen LogP contribution in [0.5, 0.6) is 0 Å². The van der Waals surface area contributed by atoms with Crippen molar-refractivity contribution >= 4 is 12.0 Å². The predicted octanol–water partition coefficient (Wildman–Crippen LogP) is 2.72. The molecule has 7 nitrogen and oxygen atoms in total. The molecule has 26 heavy (non-hydrogen) atoms. The summed E-state index contributed by atoms with van der Waals surface area (Å²) in [6, 6.07) is 7.16. The van der Waals surface area contributed by atoms with Gasteiger partial charge in [-0.25, -0.2) is 4.79 Å². The van der Waals surface area contributed by atoms with Crippen molar-refractivity contribution in [1.29, 1.82) is 0 Å². The molecule has 0 radical (unpaired) electrons. The second-order valence-corrected chi connectivity index (χ2v) is 7.24. The number of benzene rings is 1. The summed E-state index contributed by atoms with van der Waals surface area (Å²) in [4.78, 5) is 25.8. The van der Waals surface area contributed by atoms with E-state index in [2.05, 4.69) is 10.4 Å². The Morgan fingerprint density at radius 1 is 1.19 bits per heavy atom. The molecule has 2 aromatic rings. The first-order valence-corrected chi connectivity index (χ1v) is 8.43. The minimum absolute atomic E-state index is 0.0690. The Labute approximate surface area is 153 Å². The van der Waals surface area contributed by atoms with E-state index >= 15 is 0 Å². The first-order valence-electron chi connectivity index (χ1n) is 8.43. The van der Waals surface area contributed by atoms with Crippen molar-refractivity contribution in [2.24, 2.45) is 7.05 Å². The van der Waals surface area contributed by atoms with Crippen LogP contribution in [0.4, 0.5) is 4.79 Å². The molecular formula is C19H26N4O3.